The van der Waals surface area contributed by atoms with E-state index in [9.17, 15) is 4.79 Å². The Bertz CT molecular complexity index is 1160. The van der Waals surface area contributed by atoms with Crippen molar-refractivity contribution in [3.05, 3.63) is 47.2 Å². The van der Waals surface area contributed by atoms with Crippen LogP contribution in [0, 0.1) is 6.92 Å². The third-order valence-corrected chi connectivity index (χ3v) is 5.70. The Morgan fingerprint density at radius 3 is 2.88 bits per heavy atom. The average molecular weight is 450 g/mol. The lowest BCUT2D eigenvalue weighted by molar-refractivity contribution is 0.0925. The standard InChI is InChI=1S/C23H27N7O3/c1-15-3-2-4-16(11-15)13-24-29-23-27-18-12-19(22(31)25-17-5-8-33-14-17)26-20(18)21(28-23)30-6-9-32-10-7-30/h2-4,11-13,17,26H,5-10,14H2,1H3,(H,25,31)(H,27,28,29)/b24-13+. The van der Waals surface area contributed by atoms with E-state index in [0.29, 0.717) is 56.7 Å². The number of hydrogen-bond acceptors (Lipinski definition) is 8. The molecule has 5 rings (SSSR count). The van der Waals surface area contributed by atoms with Crippen molar-refractivity contribution in [2.75, 3.05) is 49.8 Å². The van der Waals surface area contributed by atoms with Crippen molar-refractivity contribution in [1.29, 1.82) is 0 Å². The molecule has 1 unspecified atom stereocenters. The number of H-pyrrole nitrogens is 1. The van der Waals surface area contributed by atoms with Crippen molar-refractivity contribution in [3.63, 3.8) is 0 Å². The van der Waals surface area contributed by atoms with Crippen molar-refractivity contribution in [2.45, 2.75) is 19.4 Å². The lowest BCUT2D eigenvalue weighted by atomic mass is 10.2. The molecule has 1 aromatic carbocycles. The summed E-state index contributed by atoms with van der Waals surface area (Å²) in [6.45, 7) is 5.90. The van der Waals surface area contributed by atoms with Crippen molar-refractivity contribution in [2.24, 2.45) is 5.10 Å². The topological polar surface area (TPSA) is 117 Å². The van der Waals surface area contributed by atoms with Crippen LogP contribution in [0.15, 0.2) is 35.4 Å². The van der Waals surface area contributed by atoms with Gasteiger partial charge in [-0.2, -0.15) is 10.1 Å². The first-order valence-electron chi connectivity index (χ1n) is 11.1. The molecule has 0 saturated carbocycles. The Morgan fingerprint density at radius 1 is 1.21 bits per heavy atom. The number of rotatable bonds is 6. The fourth-order valence-electron chi connectivity index (χ4n) is 4.00. The predicted molar refractivity (Wildman–Crippen MR) is 126 cm³/mol. The minimum absolute atomic E-state index is 0.0295. The van der Waals surface area contributed by atoms with Crippen LogP contribution in [0.3, 0.4) is 0 Å². The zero-order valence-electron chi connectivity index (χ0n) is 18.5. The van der Waals surface area contributed by atoms with Crippen LogP contribution in [0.5, 0.6) is 0 Å². The van der Waals surface area contributed by atoms with Crippen molar-refractivity contribution in [3.8, 4) is 0 Å². The molecule has 10 heteroatoms. The predicted octanol–water partition coefficient (Wildman–Crippen LogP) is 2.07. The fourth-order valence-corrected chi connectivity index (χ4v) is 4.00. The molecule has 4 heterocycles. The molecule has 10 nitrogen and oxygen atoms in total. The van der Waals surface area contributed by atoms with Gasteiger partial charge in [0.1, 0.15) is 11.2 Å². The van der Waals surface area contributed by atoms with Gasteiger partial charge in [-0.15, -0.1) is 0 Å². The van der Waals surface area contributed by atoms with E-state index in [2.05, 4.69) is 30.7 Å². The number of amides is 1. The number of morpholine rings is 1. The van der Waals surface area contributed by atoms with Gasteiger partial charge in [0, 0.05) is 19.7 Å². The van der Waals surface area contributed by atoms with Gasteiger partial charge in [0.15, 0.2) is 5.82 Å². The molecule has 0 radical (unpaired) electrons. The number of aromatic amines is 1. The molecule has 3 N–H and O–H groups in total. The largest absolute Gasteiger partial charge is 0.379 e. The van der Waals surface area contributed by atoms with Gasteiger partial charge < -0.3 is 24.7 Å². The Labute approximate surface area is 191 Å². The molecular formula is C23H27N7O3. The van der Waals surface area contributed by atoms with Crippen LogP contribution in [0.2, 0.25) is 0 Å². The second-order valence-electron chi connectivity index (χ2n) is 8.23. The molecule has 2 aromatic heterocycles. The molecular weight excluding hydrogens is 422 g/mol. The molecule has 2 saturated heterocycles. The molecule has 172 valence electrons. The summed E-state index contributed by atoms with van der Waals surface area (Å²) in [6.07, 6.45) is 2.55. The van der Waals surface area contributed by atoms with E-state index in [1.165, 1.54) is 0 Å². The number of hydrogen-bond donors (Lipinski definition) is 3. The Balaban J connectivity index is 1.43. The van der Waals surface area contributed by atoms with E-state index < -0.39 is 0 Å². The average Bonchev–Trinajstić information content (AvgIpc) is 3.49. The first-order valence-corrected chi connectivity index (χ1v) is 11.1. The third kappa shape index (κ3) is 4.96. The Hall–Kier alpha value is -3.50. The zero-order chi connectivity index (χ0) is 22.6. The molecule has 1 atom stereocenters. The van der Waals surface area contributed by atoms with Crippen LogP contribution in [-0.2, 0) is 9.47 Å². The lowest BCUT2D eigenvalue weighted by Crippen LogP contribution is -2.37. The summed E-state index contributed by atoms with van der Waals surface area (Å²) < 4.78 is 10.8. The molecule has 2 aliphatic rings. The summed E-state index contributed by atoms with van der Waals surface area (Å²) in [6, 6.07) is 9.83. The van der Waals surface area contributed by atoms with Gasteiger partial charge in [0.05, 0.1) is 37.6 Å². The molecule has 0 spiro atoms. The summed E-state index contributed by atoms with van der Waals surface area (Å²) in [7, 11) is 0. The minimum Gasteiger partial charge on any atom is -0.379 e. The second kappa shape index (κ2) is 9.55. The number of nitrogens with zero attached hydrogens (tertiary/aromatic N) is 4. The number of carbonyl (C=O) groups is 1. The monoisotopic (exact) mass is 449 g/mol. The van der Waals surface area contributed by atoms with Gasteiger partial charge in [-0.25, -0.2) is 10.4 Å². The number of aromatic nitrogens is 3. The Morgan fingerprint density at radius 2 is 2.09 bits per heavy atom. The zero-order valence-corrected chi connectivity index (χ0v) is 18.5. The van der Waals surface area contributed by atoms with E-state index in [1.54, 1.807) is 12.3 Å². The van der Waals surface area contributed by atoms with Crippen molar-refractivity contribution in [1.82, 2.24) is 20.3 Å². The van der Waals surface area contributed by atoms with E-state index >= 15 is 0 Å². The number of aryl methyl sites for hydroxylation is 1. The normalized spacial score (nSPS) is 18.8. The molecule has 1 amide bonds. The van der Waals surface area contributed by atoms with Crippen molar-refractivity contribution >= 4 is 34.9 Å². The van der Waals surface area contributed by atoms with Gasteiger partial charge in [0.2, 0.25) is 5.95 Å². The summed E-state index contributed by atoms with van der Waals surface area (Å²) >= 11 is 0. The summed E-state index contributed by atoms with van der Waals surface area (Å²) in [4.78, 5) is 27.4. The van der Waals surface area contributed by atoms with E-state index in [1.807, 2.05) is 31.2 Å². The number of hydrazone groups is 1. The van der Waals surface area contributed by atoms with Gasteiger partial charge in [-0.3, -0.25) is 4.79 Å². The van der Waals surface area contributed by atoms with E-state index in [0.717, 1.165) is 28.9 Å². The van der Waals surface area contributed by atoms with E-state index in [4.69, 9.17) is 14.5 Å². The molecule has 0 aliphatic carbocycles. The minimum atomic E-state index is -0.177. The highest BCUT2D eigenvalue weighted by atomic mass is 16.5. The second-order valence-corrected chi connectivity index (χ2v) is 8.23. The van der Waals surface area contributed by atoms with E-state index in [-0.39, 0.29) is 11.9 Å². The highest BCUT2D eigenvalue weighted by Gasteiger charge is 2.23. The summed E-state index contributed by atoms with van der Waals surface area (Å²) in [5.74, 6) is 0.909. The Kier molecular flexibility index (Phi) is 6.18. The lowest BCUT2D eigenvalue weighted by Gasteiger charge is -2.28. The third-order valence-electron chi connectivity index (χ3n) is 5.70. The number of carbonyl (C=O) groups excluding carboxylic acids is 1. The maximum Gasteiger partial charge on any atom is 0.268 e. The summed E-state index contributed by atoms with van der Waals surface area (Å²) in [5.41, 5.74) is 6.89. The van der Waals surface area contributed by atoms with Crippen LogP contribution in [0.4, 0.5) is 11.8 Å². The van der Waals surface area contributed by atoms with Gasteiger partial charge in [-0.1, -0.05) is 29.8 Å². The van der Waals surface area contributed by atoms with Gasteiger partial charge in [0.25, 0.3) is 5.91 Å². The van der Waals surface area contributed by atoms with Crippen LogP contribution in [0.25, 0.3) is 11.0 Å². The van der Waals surface area contributed by atoms with Crippen LogP contribution in [-0.4, -0.2) is 72.6 Å². The fraction of sp³-hybridized carbons (Fsp3) is 0.391. The molecule has 33 heavy (non-hydrogen) atoms. The highest BCUT2D eigenvalue weighted by molar-refractivity contribution is 6.00. The quantitative estimate of drug-likeness (QED) is 0.390. The van der Waals surface area contributed by atoms with Crippen LogP contribution in [0.1, 0.15) is 28.0 Å². The molecule has 2 aliphatic heterocycles. The summed E-state index contributed by atoms with van der Waals surface area (Å²) in [5, 5.41) is 7.32. The van der Waals surface area contributed by atoms with Gasteiger partial charge >= 0.3 is 0 Å². The van der Waals surface area contributed by atoms with Crippen LogP contribution >= 0.6 is 0 Å². The van der Waals surface area contributed by atoms with Crippen LogP contribution < -0.4 is 15.6 Å². The smallest absolute Gasteiger partial charge is 0.268 e. The number of benzene rings is 1. The maximum atomic E-state index is 12.8. The number of nitrogens with one attached hydrogen (secondary N) is 3. The highest BCUT2D eigenvalue weighted by Crippen LogP contribution is 2.26. The first-order chi connectivity index (χ1) is 16.2. The maximum absolute atomic E-state index is 12.8. The number of fused-ring (bicyclic) bond motifs is 1. The SMILES string of the molecule is Cc1cccc(/C=N/Nc2nc(N3CCOCC3)c3[nH]c(C(=O)NC4CCOC4)cc3n2)c1. The van der Waals surface area contributed by atoms with Gasteiger partial charge in [-0.05, 0) is 25.0 Å². The molecule has 0 bridgehead atoms. The molecule has 2 fully saturated rings. The number of ether oxygens (including phenoxy) is 2. The number of anilines is 2. The molecule has 3 aromatic rings. The van der Waals surface area contributed by atoms with Crippen molar-refractivity contribution < 1.29 is 14.3 Å². The first kappa shape index (κ1) is 21.4.